The number of sulfone groups is 1. The molecule has 0 unspecified atom stereocenters. The lowest BCUT2D eigenvalue weighted by molar-refractivity contribution is -0.137. The van der Waals surface area contributed by atoms with Gasteiger partial charge >= 0.3 is 6.18 Å². The zero-order valence-corrected chi connectivity index (χ0v) is 13.8. The fraction of sp³-hybridized carbons (Fsp3) is 0.133. The van der Waals surface area contributed by atoms with Gasteiger partial charge in [-0.2, -0.15) is 13.2 Å². The molecule has 0 saturated carbocycles. The molecule has 0 bridgehead atoms. The van der Waals surface area contributed by atoms with Crippen LogP contribution < -0.4 is 5.32 Å². The van der Waals surface area contributed by atoms with Crippen LogP contribution in [-0.4, -0.2) is 20.6 Å². The third kappa shape index (κ3) is 4.27. The first-order valence-corrected chi connectivity index (χ1v) is 8.73. The summed E-state index contributed by atoms with van der Waals surface area (Å²) in [6.07, 6.45) is -3.60. The summed E-state index contributed by atoms with van der Waals surface area (Å²) in [5, 5.41) is 2.37. The van der Waals surface area contributed by atoms with E-state index >= 15 is 0 Å². The van der Waals surface area contributed by atoms with Crippen molar-refractivity contribution in [1.82, 2.24) is 0 Å². The van der Waals surface area contributed by atoms with Crippen molar-refractivity contribution in [3.8, 4) is 0 Å². The number of alkyl halides is 3. The largest absolute Gasteiger partial charge is 0.416 e. The van der Waals surface area contributed by atoms with Gasteiger partial charge in [0.25, 0.3) is 5.91 Å². The number of carbonyl (C=O) groups is 1. The van der Waals surface area contributed by atoms with Gasteiger partial charge in [-0.25, -0.2) is 8.42 Å². The second-order valence-electron chi connectivity index (χ2n) is 4.95. The number of halogens is 4. The minimum Gasteiger partial charge on any atom is -0.321 e. The van der Waals surface area contributed by atoms with E-state index in [-0.39, 0.29) is 21.2 Å². The predicted molar refractivity (Wildman–Crippen MR) is 84.0 cm³/mol. The van der Waals surface area contributed by atoms with Crippen LogP contribution in [-0.2, 0) is 16.0 Å². The molecule has 1 N–H and O–H groups in total. The van der Waals surface area contributed by atoms with E-state index < -0.39 is 27.5 Å². The Morgan fingerprint density at radius 3 is 2.38 bits per heavy atom. The van der Waals surface area contributed by atoms with Crippen molar-refractivity contribution in [2.75, 3.05) is 11.6 Å². The monoisotopic (exact) mass is 377 g/mol. The van der Waals surface area contributed by atoms with Gasteiger partial charge in [0.1, 0.15) is 0 Å². The van der Waals surface area contributed by atoms with Crippen molar-refractivity contribution in [3.63, 3.8) is 0 Å². The fourth-order valence-electron chi connectivity index (χ4n) is 1.86. The highest BCUT2D eigenvalue weighted by Gasteiger charge is 2.30. The number of hydrogen-bond acceptors (Lipinski definition) is 3. The Morgan fingerprint density at radius 1 is 1.12 bits per heavy atom. The van der Waals surface area contributed by atoms with Gasteiger partial charge < -0.3 is 5.32 Å². The normalized spacial score (nSPS) is 12.0. The van der Waals surface area contributed by atoms with Gasteiger partial charge in [-0.05, 0) is 36.4 Å². The average Bonchev–Trinajstić information content (AvgIpc) is 2.47. The Morgan fingerprint density at radius 2 is 1.79 bits per heavy atom. The summed E-state index contributed by atoms with van der Waals surface area (Å²) in [6.45, 7) is 0. The second kappa shape index (κ2) is 6.45. The van der Waals surface area contributed by atoms with Crippen LogP contribution >= 0.6 is 11.6 Å². The molecule has 0 aliphatic rings. The Hall–Kier alpha value is -2.06. The van der Waals surface area contributed by atoms with Crippen LogP contribution in [0.25, 0.3) is 0 Å². The Kier molecular flexibility index (Phi) is 4.91. The van der Waals surface area contributed by atoms with Crippen LogP contribution in [0.15, 0.2) is 47.4 Å². The summed E-state index contributed by atoms with van der Waals surface area (Å²) in [5.41, 5.74) is -1.21. The van der Waals surface area contributed by atoms with E-state index in [1.54, 1.807) is 0 Å². The van der Waals surface area contributed by atoms with Crippen molar-refractivity contribution in [1.29, 1.82) is 0 Å². The number of rotatable bonds is 3. The van der Waals surface area contributed by atoms with Gasteiger partial charge in [0, 0.05) is 11.8 Å². The van der Waals surface area contributed by atoms with E-state index in [1.807, 2.05) is 0 Å². The van der Waals surface area contributed by atoms with E-state index in [0.29, 0.717) is 6.07 Å². The summed E-state index contributed by atoms with van der Waals surface area (Å²) in [4.78, 5) is 12.0. The molecule has 0 aliphatic heterocycles. The molecule has 0 aliphatic carbocycles. The number of nitrogens with one attached hydrogen (secondary N) is 1. The lowest BCUT2D eigenvalue weighted by Crippen LogP contribution is -2.14. The van der Waals surface area contributed by atoms with Crippen LogP contribution in [0.3, 0.4) is 0 Å². The molecule has 2 aromatic carbocycles. The van der Waals surface area contributed by atoms with Crippen molar-refractivity contribution >= 4 is 33.0 Å². The number of carbonyl (C=O) groups excluding carboxylic acids is 1. The molecule has 0 fully saturated rings. The zero-order valence-electron chi connectivity index (χ0n) is 12.2. The van der Waals surface area contributed by atoms with Crippen LogP contribution in [0.5, 0.6) is 0 Å². The van der Waals surface area contributed by atoms with E-state index in [2.05, 4.69) is 5.32 Å². The topological polar surface area (TPSA) is 63.2 Å². The predicted octanol–water partition coefficient (Wildman–Crippen LogP) is 4.01. The Labute approximate surface area is 141 Å². The summed E-state index contributed by atoms with van der Waals surface area (Å²) in [7, 11) is -3.53. The molecular weight excluding hydrogens is 367 g/mol. The highest BCUT2D eigenvalue weighted by Crippen LogP contribution is 2.30. The maximum absolute atomic E-state index is 12.7. The molecule has 0 spiro atoms. The minimum atomic E-state index is -4.58. The summed E-state index contributed by atoms with van der Waals surface area (Å²) in [6, 6.07) is 7.53. The number of hydrogen-bond donors (Lipinski definition) is 1. The van der Waals surface area contributed by atoms with Gasteiger partial charge in [-0.1, -0.05) is 17.7 Å². The number of anilines is 1. The molecule has 4 nitrogen and oxygen atoms in total. The maximum Gasteiger partial charge on any atom is 0.416 e. The second-order valence-corrected chi connectivity index (χ2v) is 7.37. The van der Waals surface area contributed by atoms with E-state index in [0.717, 1.165) is 24.5 Å². The lowest BCUT2D eigenvalue weighted by atomic mass is 10.1. The molecule has 128 valence electrons. The summed E-state index contributed by atoms with van der Waals surface area (Å²) in [5.74, 6) is -0.839. The first-order chi connectivity index (χ1) is 11.0. The van der Waals surface area contributed by atoms with Gasteiger partial charge in [-0.15, -0.1) is 0 Å². The van der Waals surface area contributed by atoms with Crippen LogP contribution in [0.2, 0.25) is 5.02 Å². The first kappa shape index (κ1) is 18.3. The molecule has 0 heterocycles. The quantitative estimate of drug-likeness (QED) is 0.878. The van der Waals surface area contributed by atoms with Crippen LogP contribution in [0, 0.1) is 0 Å². The van der Waals surface area contributed by atoms with Gasteiger partial charge in [0.2, 0.25) is 0 Å². The molecule has 2 rings (SSSR count). The van der Waals surface area contributed by atoms with E-state index in [9.17, 15) is 26.4 Å². The van der Waals surface area contributed by atoms with Crippen molar-refractivity contribution in [2.24, 2.45) is 0 Å². The summed E-state index contributed by atoms with van der Waals surface area (Å²) >= 11 is 5.89. The van der Waals surface area contributed by atoms with Crippen LogP contribution in [0.1, 0.15) is 15.9 Å². The molecule has 0 radical (unpaired) electrons. The lowest BCUT2D eigenvalue weighted by Gasteiger charge is -2.11. The Bertz CT molecular complexity index is 895. The zero-order chi connectivity index (χ0) is 18.1. The van der Waals surface area contributed by atoms with Crippen molar-refractivity contribution < 1.29 is 26.4 Å². The van der Waals surface area contributed by atoms with Gasteiger partial charge in [0.15, 0.2) is 9.84 Å². The van der Waals surface area contributed by atoms with Crippen molar-refractivity contribution in [2.45, 2.75) is 11.1 Å². The highest BCUT2D eigenvalue weighted by atomic mass is 35.5. The van der Waals surface area contributed by atoms with Crippen molar-refractivity contribution in [3.05, 3.63) is 58.6 Å². The van der Waals surface area contributed by atoms with E-state index in [4.69, 9.17) is 11.6 Å². The molecule has 1 amide bonds. The number of benzene rings is 2. The Balaban J connectivity index is 2.34. The first-order valence-electron chi connectivity index (χ1n) is 6.47. The third-order valence-corrected chi connectivity index (χ3v) is 4.51. The molecule has 9 heteroatoms. The van der Waals surface area contributed by atoms with E-state index in [1.165, 1.54) is 18.2 Å². The summed E-state index contributed by atoms with van der Waals surface area (Å²) < 4.78 is 61.1. The minimum absolute atomic E-state index is 0.0120. The smallest absolute Gasteiger partial charge is 0.321 e. The molecule has 2 aromatic rings. The average molecular weight is 378 g/mol. The third-order valence-electron chi connectivity index (χ3n) is 3.07. The standard InChI is InChI=1S/C15H11ClF3NO3S/c1-24(22,23)11-5-6-12(16)13(8-11)20-14(21)9-3-2-4-10(7-9)15(17,18)19/h2-8H,1H3,(H,20,21). The molecule has 24 heavy (non-hydrogen) atoms. The number of amides is 1. The molecule has 0 aromatic heterocycles. The molecule has 0 atom stereocenters. The molecule has 0 saturated heterocycles. The van der Waals surface area contributed by atoms with Gasteiger partial charge in [-0.3, -0.25) is 4.79 Å². The SMILES string of the molecule is CS(=O)(=O)c1ccc(Cl)c(NC(=O)c2cccc(C(F)(F)F)c2)c1. The van der Waals surface area contributed by atoms with Gasteiger partial charge in [0.05, 0.1) is 21.2 Å². The highest BCUT2D eigenvalue weighted by molar-refractivity contribution is 7.90. The maximum atomic E-state index is 12.7. The fourth-order valence-corrected chi connectivity index (χ4v) is 2.67. The molecular formula is C15H11ClF3NO3S. The van der Waals surface area contributed by atoms with Crippen LogP contribution in [0.4, 0.5) is 18.9 Å².